The van der Waals surface area contributed by atoms with E-state index >= 15 is 0 Å². The van der Waals surface area contributed by atoms with E-state index in [-0.39, 0.29) is 11.9 Å². The predicted octanol–water partition coefficient (Wildman–Crippen LogP) is 4.61. The maximum absolute atomic E-state index is 12.6. The standard InChI is InChI=1S/C22H24N4O2/c1-4-28-19-12-10-18(11-13-19)25-21(27)20-14-15(2)23-22(26-20)24-16(3)17-8-6-5-7-9-17/h5-14,16H,4H2,1-3H3,(H,25,27)(H,23,24,26). The molecule has 1 heterocycles. The molecule has 2 aromatic carbocycles. The number of anilines is 2. The van der Waals surface area contributed by atoms with Crippen molar-refractivity contribution in [2.75, 3.05) is 17.2 Å². The van der Waals surface area contributed by atoms with Crippen LogP contribution in [-0.2, 0) is 0 Å². The minimum Gasteiger partial charge on any atom is -0.494 e. The Kier molecular flexibility index (Phi) is 6.22. The van der Waals surface area contributed by atoms with E-state index in [2.05, 4.69) is 20.6 Å². The molecule has 0 saturated heterocycles. The lowest BCUT2D eigenvalue weighted by atomic mass is 10.1. The molecule has 6 nitrogen and oxygen atoms in total. The highest BCUT2D eigenvalue weighted by atomic mass is 16.5. The van der Waals surface area contributed by atoms with Crippen LogP contribution in [0.4, 0.5) is 11.6 Å². The van der Waals surface area contributed by atoms with Crippen LogP contribution in [0, 0.1) is 6.92 Å². The van der Waals surface area contributed by atoms with E-state index in [0.717, 1.165) is 17.0 Å². The summed E-state index contributed by atoms with van der Waals surface area (Å²) in [7, 11) is 0. The molecular weight excluding hydrogens is 352 g/mol. The molecule has 0 bridgehead atoms. The zero-order valence-corrected chi connectivity index (χ0v) is 16.3. The molecule has 144 valence electrons. The Balaban J connectivity index is 1.72. The van der Waals surface area contributed by atoms with Gasteiger partial charge in [0, 0.05) is 11.4 Å². The van der Waals surface area contributed by atoms with Crippen molar-refractivity contribution in [1.82, 2.24) is 9.97 Å². The van der Waals surface area contributed by atoms with Gasteiger partial charge in [-0.3, -0.25) is 4.79 Å². The summed E-state index contributed by atoms with van der Waals surface area (Å²) in [6, 6.07) is 18.9. The third-order valence-electron chi connectivity index (χ3n) is 4.16. The van der Waals surface area contributed by atoms with Crippen LogP contribution in [0.15, 0.2) is 60.7 Å². The zero-order chi connectivity index (χ0) is 19.9. The van der Waals surface area contributed by atoms with E-state index < -0.39 is 0 Å². The second-order valence-electron chi connectivity index (χ2n) is 6.41. The summed E-state index contributed by atoms with van der Waals surface area (Å²) in [6.07, 6.45) is 0. The fourth-order valence-corrected chi connectivity index (χ4v) is 2.76. The average Bonchev–Trinajstić information content (AvgIpc) is 2.70. The minimum absolute atomic E-state index is 0.0185. The number of rotatable bonds is 7. The van der Waals surface area contributed by atoms with Crippen LogP contribution in [0.3, 0.4) is 0 Å². The number of aromatic nitrogens is 2. The number of benzene rings is 2. The van der Waals surface area contributed by atoms with Crippen LogP contribution in [0.25, 0.3) is 0 Å². The van der Waals surface area contributed by atoms with Gasteiger partial charge in [0.15, 0.2) is 0 Å². The van der Waals surface area contributed by atoms with Crippen molar-refractivity contribution in [3.63, 3.8) is 0 Å². The molecule has 0 aliphatic heterocycles. The first-order chi connectivity index (χ1) is 13.5. The lowest BCUT2D eigenvalue weighted by molar-refractivity contribution is 0.102. The fraction of sp³-hybridized carbons (Fsp3) is 0.227. The third-order valence-corrected chi connectivity index (χ3v) is 4.16. The number of nitrogens with one attached hydrogen (secondary N) is 2. The average molecular weight is 376 g/mol. The molecule has 1 aromatic heterocycles. The summed E-state index contributed by atoms with van der Waals surface area (Å²) in [4.78, 5) is 21.4. The van der Waals surface area contributed by atoms with Crippen molar-refractivity contribution in [2.24, 2.45) is 0 Å². The molecule has 3 aromatic rings. The highest BCUT2D eigenvalue weighted by Crippen LogP contribution is 2.19. The lowest BCUT2D eigenvalue weighted by Crippen LogP contribution is -2.17. The van der Waals surface area contributed by atoms with Gasteiger partial charge in [0.05, 0.1) is 12.6 Å². The van der Waals surface area contributed by atoms with Gasteiger partial charge in [-0.1, -0.05) is 30.3 Å². The van der Waals surface area contributed by atoms with Crippen molar-refractivity contribution < 1.29 is 9.53 Å². The normalized spacial score (nSPS) is 11.5. The summed E-state index contributed by atoms with van der Waals surface area (Å²) in [5.41, 5.74) is 2.82. The molecular formula is C22H24N4O2. The molecule has 1 atom stereocenters. The lowest BCUT2D eigenvalue weighted by Gasteiger charge is -2.15. The van der Waals surface area contributed by atoms with Crippen LogP contribution in [0.2, 0.25) is 0 Å². The maximum atomic E-state index is 12.6. The molecule has 0 radical (unpaired) electrons. The Morgan fingerprint density at radius 3 is 2.46 bits per heavy atom. The first-order valence-corrected chi connectivity index (χ1v) is 9.26. The summed E-state index contributed by atoms with van der Waals surface area (Å²) in [5, 5.41) is 6.12. The van der Waals surface area contributed by atoms with Crippen molar-refractivity contribution in [3.05, 3.63) is 77.6 Å². The number of aryl methyl sites for hydroxylation is 1. The maximum Gasteiger partial charge on any atom is 0.274 e. The number of nitrogens with zero attached hydrogens (tertiary/aromatic N) is 2. The molecule has 1 amide bonds. The molecule has 28 heavy (non-hydrogen) atoms. The highest BCUT2D eigenvalue weighted by molar-refractivity contribution is 6.03. The largest absolute Gasteiger partial charge is 0.494 e. The van der Waals surface area contributed by atoms with Gasteiger partial charge in [-0.25, -0.2) is 9.97 Å². The van der Waals surface area contributed by atoms with Crippen LogP contribution in [0.5, 0.6) is 5.75 Å². The van der Waals surface area contributed by atoms with Gasteiger partial charge in [-0.05, 0) is 56.7 Å². The Morgan fingerprint density at radius 2 is 1.79 bits per heavy atom. The smallest absolute Gasteiger partial charge is 0.274 e. The van der Waals surface area contributed by atoms with Gasteiger partial charge >= 0.3 is 0 Å². The molecule has 3 rings (SSSR count). The SMILES string of the molecule is CCOc1ccc(NC(=O)c2cc(C)nc(NC(C)c3ccccc3)n2)cc1. The Labute approximate surface area is 165 Å². The first kappa shape index (κ1) is 19.4. The number of carbonyl (C=O) groups is 1. The summed E-state index contributed by atoms with van der Waals surface area (Å²) < 4.78 is 5.41. The summed E-state index contributed by atoms with van der Waals surface area (Å²) >= 11 is 0. The van der Waals surface area contributed by atoms with Crippen molar-refractivity contribution >= 4 is 17.5 Å². The molecule has 1 unspecified atom stereocenters. The van der Waals surface area contributed by atoms with E-state index in [4.69, 9.17) is 4.74 Å². The topological polar surface area (TPSA) is 76.1 Å². The Morgan fingerprint density at radius 1 is 1.07 bits per heavy atom. The number of carbonyl (C=O) groups excluding carboxylic acids is 1. The number of hydrogen-bond acceptors (Lipinski definition) is 5. The number of ether oxygens (including phenoxy) is 1. The minimum atomic E-state index is -0.287. The zero-order valence-electron chi connectivity index (χ0n) is 16.3. The molecule has 6 heteroatoms. The molecule has 0 fully saturated rings. The van der Waals surface area contributed by atoms with Crippen LogP contribution < -0.4 is 15.4 Å². The predicted molar refractivity (Wildman–Crippen MR) is 111 cm³/mol. The Hall–Kier alpha value is -3.41. The third kappa shape index (κ3) is 5.07. The Bertz CT molecular complexity index is 927. The second-order valence-corrected chi connectivity index (χ2v) is 6.41. The van der Waals surface area contributed by atoms with Gasteiger partial charge in [0.2, 0.25) is 5.95 Å². The molecule has 2 N–H and O–H groups in total. The van der Waals surface area contributed by atoms with Crippen molar-refractivity contribution in [3.8, 4) is 5.75 Å². The van der Waals surface area contributed by atoms with Gasteiger partial charge in [-0.2, -0.15) is 0 Å². The molecule has 0 spiro atoms. The quantitative estimate of drug-likeness (QED) is 0.630. The van der Waals surface area contributed by atoms with E-state index in [1.54, 1.807) is 18.2 Å². The summed E-state index contributed by atoms with van der Waals surface area (Å²) in [5.74, 6) is 0.901. The van der Waals surface area contributed by atoms with E-state index in [0.29, 0.717) is 23.9 Å². The van der Waals surface area contributed by atoms with E-state index in [1.165, 1.54) is 0 Å². The van der Waals surface area contributed by atoms with Gasteiger partial charge < -0.3 is 15.4 Å². The van der Waals surface area contributed by atoms with Gasteiger partial charge in [0.1, 0.15) is 11.4 Å². The molecule has 0 saturated carbocycles. The highest BCUT2D eigenvalue weighted by Gasteiger charge is 2.13. The number of amides is 1. The van der Waals surface area contributed by atoms with E-state index in [9.17, 15) is 4.79 Å². The second kappa shape index (κ2) is 8.99. The molecule has 0 aliphatic carbocycles. The van der Waals surface area contributed by atoms with Gasteiger partial charge in [0.25, 0.3) is 5.91 Å². The van der Waals surface area contributed by atoms with Crippen LogP contribution >= 0.6 is 0 Å². The van der Waals surface area contributed by atoms with E-state index in [1.807, 2.05) is 63.2 Å². The fourth-order valence-electron chi connectivity index (χ4n) is 2.76. The van der Waals surface area contributed by atoms with Crippen LogP contribution in [0.1, 0.15) is 41.6 Å². The van der Waals surface area contributed by atoms with Crippen LogP contribution in [-0.4, -0.2) is 22.5 Å². The summed E-state index contributed by atoms with van der Waals surface area (Å²) in [6.45, 7) is 6.40. The van der Waals surface area contributed by atoms with Gasteiger partial charge in [-0.15, -0.1) is 0 Å². The monoisotopic (exact) mass is 376 g/mol. The van der Waals surface area contributed by atoms with Crippen molar-refractivity contribution in [2.45, 2.75) is 26.8 Å². The molecule has 0 aliphatic rings. The first-order valence-electron chi connectivity index (χ1n) is 9.26. The number of hydrogen-bond donors (Lipinski definition) is 2. The van der Waals surface area contributed by atoms with Crippen molar-refractivity contribution in [1.29, 1.82) is 0 Å².